The van der Waals surface area contributed by atoms with Gasteiger partial charge in [-0.05, 0) is 18.2 Å². The first-order chi connectivity index (χ1) is 8.49. The van der Waals surface area contributed by atoms with Crippen molar-refractivity contribution in [2.24, 2.45) is 17.3 Å². The first kappa shape index (κ1) is 12.7. The average Bonchev–Trinajstić information content (AvgIpc) is 2.55. The zero-order valence-corrected chi connectivity index (χ0v) is 10.8. The molecule has 0 unspecified atom stereocenters. The maximum Gasteiger partial charge on any atom is 0.296 e. The van der Waals surface area contributed by atoms with Crippen LogP contribution in [0.25, 0.3) is 0 Å². The van der Waals surface area contributed by atoms with Crippen molar-refractivity contribution < 1.29 is 0 Å². The minimum atomic E-state index is -0.366. The summed E-state index contributed by atoms with van der Waals surface area (Å²) >= 11 is 11.7. The number of H-pyrrole nitrogens is 1. The van der Waals surface area contributed by atoms with Crippen molar-refractivity contribution in [2.45, 2.75) is 0 Å². The van der Waals surface area contributed by atoms with Crippen LogP contribution in [0.15, 0.2) is 33.2 Å². The molecular weight excluding hydrogens is 277 g/mol. The summed E-state index contributed by atoms with van der Waals surface area (Å²) in [5, 5.41) is 11.1. The molecule has 3 N–H and O–H groups in total. The molecule has 18 heavy (non-hydrogen) atoms. The summed E-state index contributed by atoms with van der Waals surface area (Å²) in [7, 11) is 1.53. The number of hydrogen-bond donors (Lipinski definition) is 2. The van der Waals surface area contributed by atoms with E-state index in [0.29, 0.717) is 15.7 Å². The first-order valence-electron chi connectivity index (χ1n) is 4.90. The minimum absolute atomic E-state index is 0.0357. The van der Waals surface area contributed by atoms with Crippen LogP contribution in [0.4, 0.5) is 17.2 Å². The van der Waals surface area contributed by atoms with E-state index in [0.717, 1.165) is 0 Å². The van der Waals surface area contributed by atoms with Crippen LogP contribution in [0.1, 0.15) is 0 Å². The Morgan fingerprint density at radius 2 is 2.06 bits per heavy atom. The van der Waals surface area contributed by atoms with E-state index in [1.54, 1.807) is 18.2 Å². The Morgan fingerprint density at radius 3 is 2.67 bits per heavy atom. The Labute approximate surface area is 112 Å². The molecule has 1 heterocycles. The SMILES string of the molecule is Cn1[nH]c(N)c(N=Nc2cc(Cl)ccc2Cl)c1=O. The second-order valence-corrected chi connectivity index (χ2v) is 4.38. The lowest BCUT2D eigenvalue weighted by molar-refractivity contribution is 0.743. The molecule has 2 aromatic rings. The number of aryl methyl sites for hydroxylation is 1. The van der Waals surface area contributed by atoms with Gasteiger partial charge in [0.05, 0.1) is 5.02 Å². The fourth-order valence-electron chi connectivity index (χ4n) is 1.32. The van der Waals surface area contributed by atoms with E-state index < -0.39 is 0 Å². The Morgan fingerprint density at radius 1 is 1.33 bits per heavy atom. The molecule has 0 saturated heterocycles. The number of azo groups is 1. The number of aromatic nitrogens is 2. The van der Waals surface area contributed by atoms with Crippen molar-refractivity contribution in [3.05, 3.63) is 38.6 Å². The summed E-state index contributed by atoms with van der Waals surface area (Å²) in [6.07, 6.45) is 0. The van der Waals surface area contributed by atoms with Gasteiger partial charge in [-0.25, -0.2) is 0 Å². The Kier molecular flexibility index (Phi) is 3.40. The number of nitrogens with two attached hydrogens (primary N) is 1. The molecule has 0 radical (unpaired) electrons. The number of rotatable bonds is 2. The molecule has 8 heteroatoms. The van der Waals surface area contributed by atoms with Gasteiger partial charge in [0.2, 0.25) is 0 Å². The second-order valence-electron chi connectivity index (χ2n) is 3.53. The molecule has 1 aromatic carbocycles. The summed E-state index contributed by atoms with van der Waals surface area (Å²) in [5.41, 5.74) is 5.62. The quantitative estimate of drug-likeness (QED) is 0.831. The Balaban J connectivity index is 2.42. The van der Waals surface area contributed by atoms with Crippen LogP contribution < -0.4 is 11.3 Å². The van der Waals surface area contributed by atoms with Gasteiger partial charge in [-0.1, -0.05) is 23.2 Å². The Bertz CT molecular complexity index is 673. The van der Waals surface area contributed by atoms with Gasteiger partial charge in [-0.3, -0.25) is 14.6 Å². The predicted octanol–water partition coefficient (Wildman–Crippen LogP) is 3.02. The maximum atomic E-state index is 11.6. The summed E-state index contributed by atoms with van der Waals surface area (Å²) in [6, 6.07) is 4.77. The van der Waals surface area contributed by atoms with E-state index in [4.69, 9.17) is 28.9 Å². The second kappa shape index (κ2) is 4.83. The smallest absolute Gasteiger partial charge is 0.296 e. The van der Waals surface area contributed by atoms with Gasteiger partial charge in [0.25, 0.3) is 5.56 Å². The number of anilines is 1. The highest BCUT2D eigenvalue weighted by Crippen LogP contribution is 2.29. The van der Waals surface area contributed by atoms with Crippen molar-refractivity contribution in [3.8, 4) is 0 Å². The van der Waals surface area contributed by atoms with Crippen LogP contribution in [0, 0.1) is 0 Å². The van der Waals surface area contributed by atoms with Crippen molar-refractivity contribution >= 4 is 40.4 Å². The van der Waals surface area contributed by atoms with Crippen LogP contribution >= 0.6 is 23.2 Å². The number of nitrogens with one attached hydrogen (secondary N) is 1. The molecule has 6 nitrogen and oxygen atoms in total. The van der Waals surface area contributed by atoms with Gasteiger partial charge in [0.15, 0.2) is 5.69 Å². The van der Waals surface area contributed by atoms with Crippen LogP contribution in [-0.4, -0.2) is 9.78 Å². The lowest BCUT2D eigenvalue weighted by Crippen LogP contribution is -2.10. The molecule has 2 rings (SSSR count). The maximum absolute atomic E-state index is 11.6. The van der Waals surface area contributed by atoms with E-state index in [1.165, 1.54) is 11.7 Å². The average molecular weight is 286 g/mol. The highest BCUT2D eigenvalue weighted by Gasteiger charge is 2.09. The third-order valence-corrected chi connectivity index (χ3v) is 2.77. The Hall–Kier alpha value is -1.79. The molecule has 0 atom stereocenters. The van der Waals surface area contributed by atoms with Crippen LogP contribution in [0.5, 0.6) is 0 Å². The van der Waals surface area contributed by atoms with E-state index in [-0.39, 0.29) is 17.1 Å². The molecule has 94 valence electrons. The van der Waals surface area contributed by atoms with Gasteiger partial charge in [-0.2, -0.15) is 0 Å². The zero-order chi connectivity index (χ0) is 13.3. The van der Waals surface area contributed by atoms with Gasteiger partial charge in [0, 0.05) is 12.1 Å². The molecule has 1 aromatic heterocycles. The molecule has 0 aliphatic carbocycles. The number of hydrogen-bond acceptors (Lipinski definition) is 4. The summed E-state index contributed by atoms with van der Waals surface area (Å²) < 4.78 is 1.21. The highest BCUT2D eigenvalue weighted by atomic mass is 35.5. The van der Waals surface area contributed by atoms with E-state index >= 15 is 0 Å². The molecule has 0 saturated carbocycles. The van der Waals surface area contributed by atoms with Crippen molar-refractivity contribution in [1.29, 1.82) is 0 Å². The number of nitrogens with zero attached hydrogens (tertiary/aromatic N) is 3. The van der Waals surface area contributed by atoms with Gasteiger partial charge >= 0.3 is 0 Å². The van der Waals surface area contributed by atoms with Crippen LogP contribution in [0.3, 0.4) is 0 Å². The molecule has 0 amide bonds. The normalized spacial score (nSPS) is 11.3. The summed E-state index contributed by atoms with van der Waals surface area (Å²) in [6.45, 7) is 0. The molecular formula is C10H9Cl2N5O. The van der Waals surface area contributed by atoms with Crippen molar-refractivity contribution in [2.75, 3.05) is 5.73 Å². The minimum Gasteiger partial charge on any atom is -0.382 e. The number of nitrogen functional groups attached to an aromatic ring is 1. The third kappa shape index (κ3) is 2.39. The number of halogens is 2. The molecule has 0 fully saturated rings. The topological polar surface area (TPSA) is 88.5 Å². The largest absolute Gasteiger partial charge is 0.382 e. The predicted molar refractivity (Wildman–Crippen MR) is 71.1 cm³/mol. The fraction of sp³-hybridized carbons (Fsp3) is 0.100. The lowest BCUT2D eigenvalue weighted by atomic mass is 10.3. The zero-order valence-electron chi connectivity index (χ0n) is 9.32. The van der Waals surface area contributed by atoms with Gasteiger partial charge in [-0.15, -0.1) is 10.2 Å². The number of benzene rings is 1. The van der Waals surface area contributed by atoms with E-state index in [2.05, 4.69) is 15.3 Å². The number of aromatic amines is 1. The first-order valence-corrected chi connectivity index (χ1v) is 5.66. The van der Waals surface area contributed by atoms with Crippen molar-refractivity contribution in [3.63, 3.8) is 0 Å². The fourth-order valence-corrected chi connectivity index (χ4v) is 1.64. The van der Waals surface area contributed by atoms with E-state index in [9.17, 15) is 4.79 Å². The molecule has 0 spiro atoms. The van der Waals surface area contributed by atoms with Gasteiger partial charge < -0.3 is 5.73 Å². The standard InChI is InChI=1S/C10H9Cl2N5O/c1-17-10(18)8(9(13)16-17)15-14-7-4-5(11)2-3-6(7)12/h2-4,16H,13H2,1H3. The highest BCUT2D eigenvalue weighted by molar-refractivity contribution is 6.35. The van der Waals surface area contributed by atoms with E-state index in [1.807, 2.05) is 0 Å². The molecule has 0 bridgehead atoms. The lowest BCUT2D eigenvalue weighted by Gasteiger charge is -1.96. The van der Waals surface area contributed by atoms with Crippen LogP contribution in [-0.2, 0) is 7.05 Å². The molecule has 0 aliphatic heterocycles. The molecule has 0 aliphatic rings. The van der Waals surface area contributed by atoms with Gasteiger partial charge in [0.1, 0.15) is 11.5 Å². The van der Waals surface area contributed by atoms with Crippen LogP contribution in [0.2, 0.25) is 10.0 Å². The van der Waals surface area contributed by atoms with Crippen molar-refractivity contribution in [1.82, 2.24) is 9.78 Å². The monoisotopic (exact) mass is 285 g/mol. The summed E-state index contributed by atoms with van der Waals surface area (Å²) in [5.74, 6) is 0.143. The summed E-state index contributed by atoms with van der Waals surface area (Å²) in [4.78, 5) is 11.6. The third-order valence-electron chi connectivity index (χ3n) is 2.22.